The molecule has 20 heavy (non-hydrogen) atoms. The number of thiophene rings is 1. The van der Waals surface area contributed by atoms with E-state index in [4.69, 9.17) is 9.68 Å². The molecule has 0 bridgehead atoms. The van der Waals surface area contributed by atoms with Crippen molar-refractivity contribution in [2.75, 3.05) is 4.72 Å². The molecule has 0 radical (unpaired) electrons. The average Bonchev–Trinajstić information content (AvgIpc) is 2.96. The van der Waals surface area contributed by atoms with Gasteiger partial charge in [0.15, 0.2) is 5.78 Å². The maximum atomic E-state index is 12.1. The molecule has 0 aliphatic carbocycles. The van der Waals surface area contributed by atoms with Gasteiger partial charge in [0.1, 0.15) is 21.6 Å². The van der Waals surface area contributed by atoms with Gasteiger partial charge in [0, 0.05) is 0 Å². The van der Waals surface area contributed by atoms with Gasteiger partial charge in [0.25, 0.3) is 10.0 Å². The highest BCUT2D eigenvalue weighted by Crippen LogP contribution is 2.29. The molecule has 0 atom stereocenters. The number of furan rings is 1. The molecule has 0 fully saturated rings. The van der Waals surface area contributed by atoms with Crippen LogP contribution in [-0.2, 0) is 10.0 Å². The Hall–Kier alpha value is -2.11. The Morgan fingerprint density at radius 3 is 2.70 bits per heavy atom. The SMILES string of the molecule is CC(=O)c1c(C)oc(NS(=O)(=O)c2cccs2)c1C#N. The summed E-state index contributed by atoms with van der Waals surface area (Å²) in [6, 6.07) is 4.82. The number of carbonyl (C=O) groups is 1. The molecule has 2 heterocycles. The Kier molecular flexibility index (Phi) is 3.65. The van der Waals surface area contributed by atoms with Crippen molar-refractivity contribution in [3.63, 3.8) is 0 Å². The zero-order valence-electron chi connectivity index (χ0n) is 10.6. The van der Waals surface area contributed by atoms with Crippen LogP contribution in [0.2, 0.25) is 0 Å². The summed E-state index contributed by atoms with van der Waals surface area (Å²) >= 11 is 1.04. The normalized spacial score (nSPS) is 11.1. The Morgan fingerprint density at radius 1 is 1.50 bits per heavy atom. The second-order valence-corrected chi connectivity index (χ2v) is 6.80. The topological polar surface area (TPSA) is 100 Å². The van der Waals surface area contributed by atoms with Gasteiger partial charge in [-0.2, -0.15) is 5.26 Å². The first kappa shape index (κ1) is 14.3. The number of hydrogen-bond acceptors (Lipinski definition) is 6. The zero-order chi connectivity index (χ0) is 14.9. The van der Waals surface area contributed by atoms with Crippen molar-refractivity contribution in [3.8, 4) is 6.07 Å². The molecule has 0 saturated carbocycles. The minimum absolute atomic E-state index is 0.0939. The Bertz CT molecular complexity index is 795. The molecule has 0 aliphatic heterocycles. The van der Waals surface area contributed by atoms with Crippen LogP contribution in [0.4, 0.5) is 5.88 Å². The molecule has 0 saturated heterocycles. The maximum absolute atomic E-state index is 12.1. The molecule has 0 spiro atoms. The van der Waals surface area contributed by atoms with Crippen LogP contribution in [0, 0.1) is 18.3 Å². The van der Waals surface area contributed by atoms with Crippen LogP contribution in [0.25, 0.3) is 0 Å². The summed E-state index contributed by atoms with van der Waals surface area (Å²) in [5.74, 6) is -0.383. The van der Waals surface area contributed by atoms with Crippen molar-refractivity contribution in [1.29, 1.82) is 5.26 Å². The van der Waals surface area contributed by atoms with E-state index in [1.54, 1.807) is 17.5 Å². The number of nitrogens with zero attached hydrogens (tertiary/aromatic N) is 1. The summed E-state index contributed by atoms with van der Waals surface area (Å²) in [7, 11) is -3.82. The van der Waals surface area contributed by atoms with E-state index in [0.717, 1.165) is 11.3 Å². The van der Waals surface area contributed by atoms with Crippen molar-refractivity contribution < 1.29 is 17.6 Å². The van der Waals surface area contributed by atoms with Gasteiger partial charge in [-0.05, 0) is 25.3 Å². The van der Waals surface area contributed by atoms with Crippen molar-refractivity contribution in [2.24, 2.45) is 0 Å². The van der Waals surface area contributed by atoms with Gasteiger partial charge in [0.05, 0.1) is 5.56 Å². The van der Waals surface area contributed by atoms with Gasteiger partial charge in [-0.1, -0.05) is 6.07 Å². The Labute approximate surface area is 119 Å². The molecule has 2 aromatic heterocycles. The fraction of sp³-hybridized carbons (Fsp3) is 0.167. The van der Waals surface area contributed by atoms with Gasteiger partial charge in [-0.25, -0.2) is 13.1 Å². The van der Waals surface area contributed by atoms with Crippen LogP contribution < -0.4 is 4.72 Å². The lowest BCUT2D eigenvalue weighted by atomic mass is 10.1. The summed E-state index contributed by atoms with van der Waals surface area (Å²) < 4.78 is 31.6. The average molecular weight is 310 g/mol. The quantitative estimate of drug-likeness (QED) is 0.874. The van der Waals surface area contributed by atoms with Gasteiger partial charge in [-0.3, -0.25) is 4.79 Å². The third-order valence-corrected chi connectivity index (χ3v) is 5.26. The number of ketones is 1. The number of Topliss-reactive ketones (excluding diaryl/α,β-unsaturated/α-hetero) is 1. The molecule has 0 unspecified atom stereocenters. The molecule has 8 heteroatoms. The van der Waals surface area contributed by atoms with Crippen LogP contribution in [0.1, 0.15) is 28.6 Å². The highest BCUT2D eigenvalue weighted by atomic mass is 32.2. The summed E-state index contributed by atoms with van der Waals surface area (Å²) in [6.45, 7) is 2.79. The largest absolute Gasteiger partial charge is 0.443 e. The minimum Gasteiger partial charge on any atom is -0.443 e. The van der Waals surface area contributed by atoms with E-state index in [0.29, 0.717) is 0 Å². The molecular formula is C12H10N2O4S2. The number of sulfonamides is 1. The van der Waals surface area contributed by atoms with E-state index < -0.39 is 10.0 Å². The summed E-state index contributed by atoms with van der Waals surface area (Å²) in [6.07, 6.45) is 0. The van der Waals surface area contributed by atoms with E-state index >= 15 is 0 Å². The molecule has 0 amide bonds. The first-order chi connectivity index (χ1) is 9.36. The second-order valence-electron chi connectivity index (χ2n) is 3.94. The third-order valence-electron chi connectivity index (χ3n) is 2.54. The van der Waals surface area contributed by atoms with Crippen molar-refractivity contribution in [1.82, 2.24) is 0 Å². The fourth-order valence-electron chi connectivity index (χ4n) is 1.74. The summed E-state index contributed by atoms with van der Waals surface area (Å²) in [5.41, 5.74) is -0.00786. The minimum atomic E-state index is -3.82. The summed E-state index contributed by atoms with van der Waals surface area (Å²) in [5, 5.41) is 10.7. The highest BCUT2D eigenvalue weighted by molar-refractivity contribution is 7.94. The number of rotatable bonds is 4. The smallest absolute Gasteiger partial charge is 0.273 e. The number of aryl methyl sites for hydroxylation is 1. The molecule has 1 N–H and O–H groups in total. The highest BCUT2D eigenvalue weighted by Gasteiger charge is 2.25. The van der Waals surface area contributed by atoms with Crippen molar-refractivity contribution >= 4 is 33.0 Å². The first-order valence-electron chi connectivity index (χ1n) is 5.47. The van der Waals surface area contributed by atoms with Gasteiger partial charge < -0.3 is 4.42 Å². The predicted molar refractivity (Wildman–Crippen MR) is 73.3 cm³/mol. The van der Waals surface area contributed by atoms with E-state index in [1.807, 2.05) is 0 Å². The van der Waals surface area contributed by atoms with E-state index in [1.165, 1.54) is 19.9 Å². The Balaban J connectivity index is 2.49. The number of nitriles is 1. The molecule has 2 aromatic rings. The third kappa shape index (κ3) is 2.45. The van der Waals surface area contributed by atoms with E-state index in [2.05, 4.69) is 4.72 Å². The lowest BCUT2D eigenvalue weighted by molar-refractivity contribution is 0.101. The van der Waals surface area contributed by atoms with Crippen LogP contribution in [0.5, 0.6) is 0 Å². The van der Waals surface area contributed by atoms with Gasteiger partial charge in [-0.15, -0.1) is 11.3 Å². The second kappa shape index (κ2) is 5.11. The van der Waals surface area contributed by atoms with Gasteiger partial charge in [0.2, 0.25) is 5.88 Å². The Morgan fingerprint density at radius 2 is 2.20 bits per heavy atom. The maximum Gasteiger partial charge on any atom is 0.273 e. The molecule has 6 nitrogen and oxygen atoms in total. The van der Waals surface area contributed by atoms with Crippen LogP contribution in [0.15, 0.2) is 26.1 Å². The van der Waals surface area contributed by atoms with E-state index in [-0.39, 0.29) is 32.8 Å². The van der Waals surface area contributed by atoms with Gasteiger partial charge >= 0.3 is 0 Å². The zero-order valence-corrected chi connectivity index (χ0v) is 12.3. The first-order valence-corrected chi connectivity index (χ1v) is 7.84. The molecule has 0 aromatic carbocycles. The molecular weight excluding hydrogens is 300 g/mol. The molecule has 104 valence electrons. The summed E-state index contributed by atoms with van der Waals surface area (Å²) in [4.78, 5) is 11.5. The van der Waals surface area contributed by atoms with Crippen molar-refractivity contribution in [3.05, 3.63) is 34.4 Å². The fourth-order valence-corrected chi connectivity index (χ4v) is 3.73. The number of nitrogens with one attached hydrogen (secondary N) is 1. The number of anilines is 1. The number of hydrogen-bond donors (Lipinski definition) is 1. The monoisotopic (exact) mass is 310 g/mol. The standard InChI is InChI=1S/C12H10N2O4S2/c1-7(15)11-8(2)18-12(9(11)6-13)14-20(16,17)10-4-3-5-19-10/h3-5,14H,1-2H3. The van der Waals surface area contributed by atoms with Crippen LogP contribution in [0.3, 0.4) is 0 Å². The number of carbonyl (C=O) groups excluding carboxylic acids is 1. The molecule has 2 rings (SSSR count). The predicted octanol–water partition coefficient (Wildman–Crippen LogP) is 2.52. The van der Waals surface area contributed by atoms with Crippen LogP contribution >= 0.6 is 11.3 Å². The molecule has 0 aliphatic rings. The van der Waals surface area contributed by atoms with E-state index in [9.17, 15) is 13.2 Å². The van der Waals surface area contributed by atoms with Crippen molar-refractivity contribution in [2.45, 2.75) is 18.1 Å². The lowest BCUT2D eigenvalue weighted by Crippen LogP contribution is -2.12. The lowest BCUT2D eigenvalue weighted by Gasteiger charge is -2.02. The van der Waals surface area contributed by atoms with Crippen LogP contribution in [-0.4, -0.2) is 14.2 Å².